The van der Waals surface area contributed by atoms with E-state index in [1.807, 2.05) is 51.3 Å². The number of hydrogen-bond acceptors (Lipinski definition) is 4. The van der Waals surface area contributed by atoms with Crippen LogP contribution in [0.3, 0.4) is 0 Å². The van der Waals surface area contributed by atoms with Gasteiger partial charge in [0.2, 0.25) is 10.0 Å². The molecule has 1 aromatic carbocycles. The monoisotopic (exact) mass is 389 g/mol. The average Bonchev–Trinajstić information content (AvgIpc) is 3.26. The Morgan fingerprint density at radius 2 is 1.73 bits per heavy atom. The van der Waals surface area contributed by atoms with E-state index in [9.17, 15) is 8.42 Å². The average molecular weight is 390 g/mol. The number of rotatable bonds is 6. The van der Waals surface area contributed by atoms with Crippen LogP contribution in [0.2, 0.25) is 0 Å². The Balaban J connectivity index is 2.10. The first-order valence-corrected chi connectivity index (χ1v) is 10.7. The van der Waals surface area contributed by atoms with Crippen molar-refractivity contribution >= 4 is 21.4 Å². The smallest absolute Gasteiger partial charge is 0.244 e. The lowest BCUT2D eigenvalue weighted by molar-refractivity contribution is 0.401. The summed E-state index contributed by atoms with van der Waals surface area (Å²) in [6.07, 6.45) is 3.16. The maximum atomic E-state index is 13.6. The molecule has 138 valence electrons. The van der Waals surface area contributed by atoms with Crippen LogP contribution < -0.4 is 0 Å². The molecule has 3 rings (SSSR count). The van der Waals surface area contributed by atoms with E-state index in [-0.39, 0.29) is 6.54 Å². The number of sulfonamides is 1. The van der Waals surface area contributed by atoms with Crippen LogP contribution in [0, 0.1) is 27.7 Å². The van der Waals surface area contributed by atoms with Crippen LogP contribution in [0.1, 0.15) is 32.7 Å². The first-order chi connectivity index (χ1) is 12.3. The fraction of sp³-hybridized carbons (Fsp3) is 0.300. The van der Waals surface area contributed by atoms with Crippen molar-refractivity contribution in [3.05, 3.63) is 74.9 Å². The summed E-state index contributed by atoms with van der Waals surface area (Å²) in [5.74, 6) is 0. The van der Waals surface area contributed by atoms with Crippen molar-refractivity contribution in [2.45, 2.75) is 45.7 Å². The number of aryl methyl sites for hydroxylation is 2. The summed E-state index contributed by atoms with van der Waals surface area (Å²) >= 11 is 1.56. The van der Waals surface area contributed by atoms with Gasteiger partial charge in [-0.2, -0.15) is 4.31 Å². The van der Waals surface area contributed by atoms with Crippen molar-refractivity contribution in [3.63, 3.8) is 0 Å². The van der Waals surface area contributed by atoms with Gasteiger partial charge in [0.05, 0.1) is 17.4 Å². The Kier molecular flexibility index (Phi) is 5.37. The van der Waals surface area contributed by atoms with Crippen molar-refractivity contribution < 1.29 is 12.8 Å². The molecule has 0 saturated heterocycles. The Hall–Kier alpha value is -1.89. The van der Waals surface area contributed by atoms with Crippen LogP contribution in [-0.2, 0) is 23.1 Å². The zero-order valence-corrected chi connectivity index (χ0v) is 17.1. The molecule has 0 N–H and O–H groups in total. The fourth-order valence-corrected chi connectivity index (χ4v) is 5.87. The third kappa shape index (κ3) is 3.63. The molecule has 0 bridgehead atoms. The summed E-state index contributed by atoms with van der Waals surface area (Å²) in [6.45, 7) is 8.31. The normalized spacial score (nSPS) is 12.0. The van der Waals surface area contributed by atoms with Gasteiger partial charge in [0.15, 0.2) is 0 Å². The maximum absolute atomic E-state index is 13.6. The second kappa shape index (κ2) is 7.39. The molecule has 3 aromatic rings. The quantitative estimate of drug-likeness (QED) is 0.598. The molecular formula is C20H23NO3S2. The van der Waals surface area contributed by atoms with Crippen molar-refractivity contribution in [1.82, 2.24) is 4.31 Å². The molecule has 0 aliphatic heterocycles. The minimum absolute atomic E-state index is 0.280. The Bertz CT molecular complexity index is 926. The number of thiophene rings is 1. The molecule has 0 saturated carbocycles. The molecule has 0 unspecified atom stereocenters. The van der Waals surface area contributed by atoms with E-state index in [4.69, 9.17) is 4.42 Å². The van der Waals surface area contributed by atoms with Gasteiger partial charge in [0, 0.05) is 23.5 Å². The largest absolute Gasteiger partial charge is 0.472 e. The van der Waals surface area contributed by atoms with Gasteiger partial charge in [-0.05, 0) is 67.5 Å². The Morgan fingerprint density at radius 1 is 1.04 bits per heavy atom. The van der Waals surface area contributed by atoms with E-state index in [0.717, 1.165) is 32.7 Å². The van der Waals surface area contributed by atoms with Crippen LogP contribution in [0.15, 0.2) is 51.5 Å². The van der Waals surface area contributed by atoms with Crippen molar-refractivity contribution in [3.8, 4) is 0 Å². The molecule has 26 heavy (non-hydrogen) atoms. The van der Waals surface area contributed by atoms with Gasteiger partial charge in [0.1, 0.15) is 0 Å². The second-order valence-electron chi connectivity index (χ2n) is 6.57. The minimum Gasteiger partial charge on any atom is -0.472 e. The number of hydrogen-bond donors (Lipinski definition) is 0. The first kappa shape index (κ1) is 18.9. The molecule has 0 radical (unpaired) electrons. The molecule has 2 aromatic heterocycles. The third-order valence-electron chi connectivity index (χ3n) is 4.75. The Morgan fingerprint density at radius 3 is 2.27 bits per heavy atom. The van der Waals surface area contributed by atoms with Gasteiger partial charge in [-0.25, -0.2) is 8.42 Å². The molecule has 0 amide bonds. The zero-order chi connectivity index (χ0) is 18.9. The molecule has 0 spiro atoms. The van der Waals surface area contributed by atoms with Crippen LogP contribution in [0.4, 0.5) is 0 Å². The molecule has 6 heteroatoms. The summed E-state index contributed by atoms with van der Waals surface area (Å²) in [5.41, 5.74) is 4.45. The minimum atomic E-state index is -3.66. The van der Waals surface area contributed by atoms with Crippen LogP contribution >= 0.6 is 11.3 Å². The lowest BCUT2D eigenvalue weighted by Gasteiger charge is -2.24. The number of furan rings is 1. The van der Waals surface area contributed by atoms with E-state index >= 15 is 0 Å². The summed E-state index contributed by atoms with van der Waals surface area (Å²) in [7, 11) is -3.66. The number of nitrogens with zero attached hydrogens (tertiary/aromatic N) is 1. The van der Waals surface area contributed by atoms with E-state index < -0.39 is 10.0 Å². The summed E-state index contributed by atoms with van der Waals surface area (Å²) in [4.78, 5) is 1.44. The van der Waals surface area contributed by atoms with E-state index in [1.54, 1.807) is 29.9 Å². The zero-order valence-electron chi connectivity index (χ0n) is 15.4. The van der Waals surface area contributed by atoms with E-state index in [2.05, 4.69) is 0 Å². The highest BCUT2D eigenvalue weighted by Crippen LogP contribution is 2.31. The van der Waals surface area contributed by atoms with Crippen LogP contribution in [0.25, 0.3) is 0 Å². The Labute approximate surface area is 159 Å². The first-order valence-electron chi connectivity index (χ1n) is 8.41. The summed E-state index contributed by atoms with van der Waals surface area (Å²) in [6, 6.07) is 7.75. The van der Waals surface area contributed by atoms with Gasteiger partial charge < -0.3 is 4.42 Å². The molecule has 0 atom stereocenters. The van der Waals surface area contributed by atoms with E-state index in [0.29, 0.717) is 11.4 Å². The lowest BCUT2D eigenvalue weighted by atomic mass is 10.0. The molecule has 2 heterocycles. The molecule has 0 aliphatic carbocycles. The van der Waals surface area contributed by atoms with Crippen molar-refractivity contribution in [2.24, 2.45) is 0 Å². The SMILES string of the molecule is Cc1cc(C)c(C)c(S(=O)(=O)N(Cc2ccoc2)Cc2cccs2)c1C. The topological polar surface area (TPSA) is 50.5 Å². The van der Waals surface area contributed by atoms with Gasteiger partial charge >= 0.3 is 0 Å². The third-order valence-corrected chi connectivity index (χ3v) is 7.67. The van der Waals surface area contributed by atoms with Gasteiger partial charge in [-0.1, -0.05) is 12.1 Å². The highest BCUT2D eigenvalue weighted by molar-refractivity contribution is 7.89. The van der Waals surface area contributed by atoms with Crippen molar-refractivity contribution in [2.75, 3.05) is 0 Å². The van der Waals surface area contributed by atoms with Gasteiger partial charge in [-0.15, -0.1) is 11.3 Å². The predicted octanol–water partition coefficient (Wildman–Crippen LogP) is 4.97. The fourth-order valence-electron chi connectivity index (χ4n) is 3.09. The molecular weight excluding hydrogens is 366 g/mol. The molecule has 0 aliphatic rings. The highest BCUT2D eigenvalue weighted by atomic mass is 32.2. The van der Waals surface area contributed by atoms with E-state index in [1.165, 1.54) is 4.31 Å². The molecule has 4 nitrogen and oxygen atoms in total. The lowest BCUT2D eigenvalue weighted by Crippen LogP contribution is -2.31. The van der Waals surface area contributed by atoms with Gasteiger partial charge in [0.25, 0.3) is 0 Å². The summed E-state index contributed by atoms with van der Waals surface area (Å²) < 4.78 is 33.9. The number of benzene rings is 1. The molecule has 0 fully saturated rings. The van der Waals surface area contributed by atoms with Crippen molar-refractivity contribution in [1.29, 1.82) is 0 Å². The highest BCUT2D eigenvalue weighted by Gasteiger charge is 2.30. The maximum Gasteiger partial charge on any atom is 0.244 e. The standard InChI is InChI=1S/C20H23NO3S2/c1-14-10-15(2)17(4)20(16(14)3)26(22,23)21(11-18-7-8-24-13-18)12-19-6-5-9-25-19/h5-10,13H,11-12H2,1-4H3. The predicted molar refractivity (Wildman–Crippen MR) is 105 cm³/mol. The second-order valence-corrected chi connectivity index (χ2v) is 9.48. The van der Waals surface area contributed by atoms with Crippen LogP contribution in [0.5, 0.6) is 0 Å². The van der Waals surface area contributed by atoms with Crippen LogP contribution in [-0.4, -0.2) is 12.7 Å². The van der Waals surface area contributed by atoms with Gasteiger partial charge in [-0.3, -0.25) is 0 Å². The summed E-state index contributed by atoms with van der Waals surface area (Å²) in [5, 5.41) is 1.96.